The van der Waals surface area contributed by atoms with Gasteiger partial charge in [-0.1, -0.05) is 67.9 Å². The second-order valence-corrected chi connectivity index (χ2v) is 10.4. The van der Waals surface area contributed by atoms with Crippen LogP contribution in [0.4, 0.5) is 5.00 Å². The van der Waals surface area contributed by atoms with Gasteiger partial charge in [-0.25, -0.2) is 9.29 Å². The Kier molecular flexibility index (Phi) is 7.60. The molecule has 6 nitrogen and oxygen atoms in total. The molecule has 0 saturated heterocycles. The van der Waals surface area contributed by atoms with Gasteiger partial charge in [0.15, 0.2) is 0 Å². The van der Waals surface area contributed by atoms with Gasteiger partial charge in [0.25, 0.3) is 5.91 Å². The van der Waals surface area contributed by atoms with Crippen molar-refractivity contribution >= 4 is 44.5 Å². The molecule has 5 aromatic rings. The Balaban J connectivity index is 1.44. The van der Waals surface area contributed by atoms with Gasteiger partial charge in [-0.15, -0.1) is 11.3 Å². The zero-order valence-corrected chi connectivity index (χ0v) is 22.0. The van der Waals surface area contributed by atoms with E-state index in [0.717, 1.165) is 51.6 Å². The van der Waals surface area contributed by atoms with E-state index in [1.165, 1.54) is 11.3 Å². The number of amides is 1. The van der Waals surface area contributed by atoms with Crippen molar-refractivity contribution in [3.8, 4) is 11.1 Å². The number of nitrogens with zero attached hydrogens (tertiary/aromatic N) is 3. The van der Waals surface area contributed by atoms with Crippen LogP contribution in [0.15, 0.2) is 90.3 Å². The lowest BCUT2D eigenvalue weighted by Gasteiger charge is -2.24. The van der Waals surface area contributed by atoms with Crippen LogP contribution in [0.3, 0.4) is 0 Å². The Hall–Kier alpha value is -3.59. The van der Waals surface area contributed by atoms with E-state index in [1.54, 1.807) is 35.7 Å². The topological polar surface area (TPSA) is 78.3 Å². The lowest BCUT2D eigenvalue weighted by atomic mass is 10.1. The highest BCUT2D eigenvalue weighted by Crippen LogP contribution is 2.37. The number of benzene rings is 3. The molecule has 1 unspecified atom stereocenters. The third kappa shape index (κ3) is 5.27. The highest BCUT2D eigenvalue weighted by atomic mass is 32.2. The maximum atomic E-state index is 13.0. The molecule has 2 heterocycles. The summed E-state index contributed by atoms with van der Waals surface area (Å²) >= 11 is -1.54. The summed E-state index contributed by atoms with van der Waals surface area (Å²) in [5.41, 5.74) is 5.09. The smallest absolute Gasteiger partial charge is 0.270 e. The van der Waals surface area contributed by atoms with Gasteiger partial charge < -0.3 is 9.12 Å². The predicted octanol–water partition coefficient (Wildman–Crippen LogP) is 6.60. The molecular weight excluding hydrogens is 502 g/mol. The van der Waals surface area contributed by atoms with Crippen LogP contribution in [0.2, 0.25) is 0 Å². The minimum absolute atomic E-state index is 0.313. The lowest BCUT2D eigenvalue weighted by Crippen LogP contribution is -2.32. The van der Waals surface area contributed by atoms with Crippen molar-refractivity contribution in [2.24, 2.45) is 0 Å². The summed E-state index contributed by atoms with van der Waals surface area (Å²) in [4.78, 5) is 17.9. The molecule has 0 aliphatic heterocycles. The molecule has 8 heteroatoms. The number of hydrogen-bond donors (Lipinski definition) is 0. The summed E-state index contributed by atoms with van der Waals surface area (Å²) in [5.74, 6) is 0.501. The molecule has 0 radical (unpaired) electrons. The van der Waals surface area contributed by atoms with Gasteiger partial charge >= 0.3 is 0 Å². The fourth-order valence-electron chi connectivity index (χ4n) is 4.40. The molecule has 1 atom stereocenters. The van der Waals surface area contributed by atoms with Gasteiger partial charge in [0.05, 0.1) is 22.3 Å². The molecule has 0 fully saturated rings. The molecule has 0 saturated carbocycles. The number of carbonyl (C=O) groups excluding carboxylic acids is 1. The van der Waals surface area contributed by atoms with Crippen LogP contribution in [0.1, 0.15) is 41.5 Å². The van der Waals surface area contributed by atoms with E-state index >= 15 is 0 Å². The van der Waals surface area contributed by atoms with Gasteiger partial charge in [0.1, 0.15) is 10.8 Å². The Bertz CT molecular complexity index is 1540. The third-order valence-corrected chi connectivity index (χ3v) is 7.94. The zero-order valence-electron chi connectivity index (χ0n) is 20.4. The van der Waals surface area contributed by atoms with Gasteiger partial charge in [-0.05, 0) is 53.3 Å². The van der Waals surface area contributed by atoms with E-state index in [9.17, 15) is 13.6 Å². The predicted molar refractivity (Wildman–Crippen MR) is 149 cm³/mol. The fourth-order valence-corrected chi connectivity index (χ4v) is 6.01. The van der Waals surface area contributed by atoms with Gasteiger partial charge in [-0.3, -0.25) is 9.00 Å². The molecule has 0 aliphatic rings. The molecular formula is C29H26N3O3S2-. The second kappa shape index (κ2) is 11.2. The summed E-state index contributed by atoms with van der Waals surface area (Å²) < 4.78 is 27.4. The quantitative estimate of drug-likeness (QED) is 0.202. The maximum Gasteiger partial charge on any atom is 0.270 e. The van der Waals surface area contributed by atoms with Crippen molar-refractivity contribution < 1.29 is 13.6 Å². The Morgan fingerprint density at radius 2 is 1.73 bits per heavy atom. The Labute approximate surface area is 222 Å². The van der Waals surface area contributed by atoms with E-state index in [4.69, 9.17) is 4.98 Å². The highest BCUT2D eigenvalue weighted by molar-refractivity contribution is 7.81. The van der Waals surface area contributed by atoms with Crippen molar-refractivity contribution in [1.29, 1.82) is 0 Å². The number of para-hydroxylation sites is 2. The molecule has 188 valence electrons. The second-order valence-electron chi connectivity index (χ2n) is 8.73. The van der Waals surface area contributed by atoms with Crippen molar-refractivity contribution in [1.82, 2.24) is 9.55 Å². The zero-order chi connectivity index (χ0) is 25.8. The normalized spacial score (nSPS) is 12.1. The maximum absolute atomic E-state index is 13.0. The van der Waals surface area contributed by atoms with Gasteiger partial charge in [0.2, 0.25) is 0 Å². The SMILES string of the molecule is CCCCc1nc2ccccc2n1Cc1ccc(-c2ccsc2N(C(=O)c2ccccc2)S(=O)[O-])cc1. The first kappa shape index (κ1) is 25.1. The van der Waals surface area contributed by atoms with Crippen LogP contribution in [0.5, 0.6) is 0 Å². The van der Waals surface area contributed by atoms with Gasteiger partial charge in [0, 0.05) is 24.1 Å². The number of hydrogen-bond acceptors (Lipinski definition) is 5. The third-order valence-electron chi connectivity index (χ3n) is 6.28. The number of anilines is 1. The molecule has 0 bridgehead atoms. The lowest BCUT2D eigenvalue weighted by molar-refractivity contribution is 0.101. The van der Waals surface area contributed by atoms with Crippen LogP contribution in [0.25, 0.3) is 22.2 Å². The molecule has 0 spiro atoms. The summed E-state index contributed by atoms with van der Waals surface area (Å²) in [5, 5.41) is 2.17. The van der Waals surface area contributed by atoms with Crippen LogP contribution in [-0.4, -0.2) is 24.2 Å². The first-order valence-corrected chi connectivity index (χ1v) is 14.1. The standard InChI is InChI=1S/C29H27N3O3S2/c1-2-3-13-27-30-25-11-7-8-12-26(25)31(27)20-21-14-16-22(17-15-21)24-18-19-36-29(24)32(37(34)35)28(33)23-9-5-4-6-10-23/h4-12,14-19H,2-3,13,20H2,1H3,(H,34,35)/p-1. The highest BCUT2D eigenvalue weighted by Gasteiger charge is 2.23. The van der Waals surface area contributed by atoms with E-state index in [2.05, 4.69) is 17.6 Å². The Morgan fingerprint density at radius 3 is 2.46 bits per heavy atom. The van der Waals surface area contributed by atoms with E-state index < -0.39 is 17.2 Å². The van der Waals surface area contributed by atoms with Crippen LogP contribution in [0, 0.1) is 0 Å². The molecule has 5 rings (SSSR count). The number of aromatic nitrogens is 2. The largest absolute Gasteiger partial charge is 0.755 e. The first-order chi connectivity index (χ1) is 18.1. The minimum Gasteiger partial charge on any atom is -0.755 e. The summed E-state index contributed by atoms with van der Waals surface area (Å²) in [7, 11) is 0. The average molecular weight is 529 g/mol. The van der Waals surface area contributed by atoms with Crippen LogP contribution < -0.4 is 4.31 Å². The molecule has 2 aromatic heterocycles. The molecule has 0 aliphatic carbocycles. The number of aryl methyl sites for hydroxylation is 1. The van der Waals surface area contributed by atoms with Gasteiger partial charge in [-0.2, -0.15) is 0 Å². The summed E-state index contributed by atoms with van der Waals surface area (Å²) in [6.07, 6.45) is 3.13. The summed E-state index contributed by atoms with van der Waals surface area (Å²) in [6.45, 7) is 2.88. The van der Waals surface area contributed by atoms with Crippen molar-refractivity contribution in [2.45, 2.75) is 32.7 Å². The molecule has 37 heavy (non-hydrogen) atoms. The number of fused-ring (bicyclic) bond motifs is 1. The van der Waals surface area contributed by atoms with E-state index in [-0.39, 0.29) is 0 Å². The molecule has 0 N–H and O–H groups in total. The first-order valence-electron chi connectivity index (χ1n) is 12.2. The van der Waals surface area contributed by atoms with Crippen molar-refractivity contribution in [2.75, 3.05) is 4.31 Å². The Morgan fingerprint density at radius 1 is 1.00 bits per heavy atom. The number of unbranched alkanes of at least 4 members (excludes halogenated alkanes) is 1. The van der Waals surface area contributed by atoms with Crippen molar-refractivity contribution in [3.63, 3.8) is 0 Å². The molecule has 3 aromatic carbocycles. The minimum atomic E-state index is -2.76. The number of imidazole rings is 1. The van der Waals surface area contributed by atoms with Crippen molar-refractivity contribution in [3.05, 3.63) is 107 Å². The van der Waals surface area contributed by atoms with Crippen LogP contribution >= 0.6 is 11.3 Å². The number of thiophene rings is 1. The fraction of sp³-hybridized carbons (Fsp3) is 0.172. The van der Waals surface area contributed by atoms with E-state index in [0.29, 0.717) is 22.7 Å². The monoisotopic (exact) mass is 528 g/mol. The average Bonchev–Trinajstić information content (AvgIpc) is 3.53. The number of rotatable bonds is 9. The van der Waals surface area contributed by atoms with E-state index in [1.807, 2.05) is 48.5 Å². The molecule has 1 amide bonds. The van der Waals surface area contributed by atoms with Crippen LogP contribution in [-0.2, 0) is 24.2 Å². The summed E-state index contributed by atoms with van der Waals surface area (Å²) in [6, 6.07) is 26.5. The number of carbonyl (C=O) groups is 1.